The van der Waals surface area contributed by atoms with Gasteiger partial charge in [0, 0.05) is 25.0 Å². The molecule has 0 radical (unpaired) electrons. The van der Waals surface area contributed by atoms with Crippen molar-refractivity contribution < 1.29 is 4.79 Å². The van der Waals surface area contributed by atoms with Crippen molar-refractivity contribution in [1.29, 1.82) is 0 Å². The van der Waals surface area contributed by atoms with E-state index >= 15 is 0 Å². The van der Waals surface area contributed by atoms with E-state index in [0.29, 0.717) is 6.54 Å². The van der Waals surface area contributed by atoms with Gasteiger partial charge in [-0.1, -0.05) is 66.7 Å². The summed E-state index contributed by atoms with van der Waals surface area (Å²) in [5, 5.41) is 5.33. The second kappa shape index (κ2) is 7.18. The molecule has 1 aliphatic heterocycles. The average Bonchev–Trinajstić information content (AvgIpc) is 2.69. The molecule has 4 nitrogen and oxygen atoms in total. The number of piperazine rings is 1. The van der Waals surface area contributed by atoms with Crippen LogP contribution in [0.3, 0.4) is 0 Å². The Labute approximate surface area is 154 Å². The number of amides is 2. The highest BCUT2D eigenvalue weighted by Gasteiger charge is 2.30. The summed E-state index contributed by atoms with van der Waals surface area (Å²) in [6, 6.07) is 24.4. The van der Waals surface area contributed by atoms with Gasteiger partial charge in [0.25, 0.3) is 0 Å². The summed E-state index contributed by atoms with van der Waals surface area (Å²) in [5.74, 6) is 0. The largest absolute Gasteiger partial charge is 0.322 e. The molecule has 3 aromatic rings. The van der Waals surface area contributed by atoms with Crippen molar-refractivity contribution in [2.45, 2.75) is 6.04 Å². The molecule has 3 aromatic carbocycles. The third-order valence-corrected chi connectivity index (χ3v) is 5.06. The van der Waals surface area contributed by atoms with E-state index in [2.05, 4.69) is 41.5 Å². The van der Waals surface area contributed by atoms with Crippen LogP contribution >= 0.6 is 0 Å². The summed E-state index contributed by atoms with van der Waals surface area (Å²) in [6.07, 6.45) is 0. The van der Waals surface area contributed by atoms with Crippen LogP contribution in [-0.2, 0) is 0 Å². The molecule has 2 amide bonds. The van der Waals surface area contributed by atoms with Gasteiger partial charge in [0.15, 0.2) is 0 Å². The fraction of sp³-hybridized carbons (Fsp3) is 0.227. The fourth-order valence-electron chi connectivity index (χ4n) is 3.64. The Morgan fingerprint density at radius 1 is 0.923 bits per heavy atom. The maximum Gasteiger partial charge on any atom is 0.322 e. The van der Waals surface area contributed by atoms with Crippen LogP contribution in [0.2, 0.25) is 0 Å². The molecular weight excluding hydrogens is 322 g/mol. The number of fused-ring (bicyclic) bond motifs is 1. The molecule has 0 aliphatic carbocycles. The maximum absolute atomic E-state index is 13.1. The second-order valence-corrected chi connectivity index (χ2v) is 6.84. The van der Waals surface area contributed by atoms with Gasteiger partial charge in [-0.15, -0.1) is 0 Å². The SMILES string of the molecule is CN1CCN(C(=O)Nc2cccc3ccccc23)[C@H](c2ccccc2)C1. The van der Waals surface area contributed by atoms with Crippen molar-refractivity contribution in [2.75, 3.05) is 32.0 Å². The first-order valence-corrected chi connectivity index (χ1v) is 9.01. The smallest absolute Gasteiger partial charge is 0.315 e. The maximum atomic E-state index is 13.1. The molecule has 4 rings (SSSR count). The minimum Gasteiger partial charge on any atom is -0.315 e. The first-order chi connectivity index (χ1) is 12.7. The highest BCUT2D eigenvalue weighted by Crippen LogP contribution is 2.27. The van der Waals surface area contributed by atoms with Crippen LogP contribution in [-0.4, -0.2) is 42.5 Å². The van der Waals surface area contributed by atoms with Crippen LogP contribution in [0.25, 0.3) is 10.8 Å². The Morgan fingerprint density at radius 3 is 2.50 bits per heavy atom. The molecule has 4 heteroatoms. The number of carbonyl (C=O) groups excluding carboxylic acids is 1. The zero-order valence-corrected chi connectivity index (χ0v) is 14.9. The summed E-state index contributed by atoms with van der Waals surface area (Å²) in [7, 11) is 2.11. The van der Waals surface area contributed by atoms with Gasteiger partial charge in [-0.3, -0.25) is 0 Å². The number of likely N-dealkylation sites (N-methyl/N-ethyl adjacent to an activating group) is 1. The Balaban J connectivity index is 1.61. The Kier molecular flexibility index (Phi) is 4.59. The summed E-state index contributed by atoms with van der Waals surface area (Å²) in [6.45, 7) is 2.44. The van der Waals surface area contributed by atoms with Crippen LogP contribution in [0, 0.1) is 0 Å². The molecule has 0 bridgehead atoms. The van der Waals surface area contributed by atoms with Gasteiger partial charge in [-0.2, -0.15) is 0 Å². The summed E-state index contributed by atoms with van der Waals surface area (Å²) >= 11 is 0. The van der Waals surface area contributed by atoms with Crippen LogP contribution in [0.1, 0.15) is 11.6 Å². The summed E-state index contributed by atoms with van der Waals surface area (Å²) in [5.41, 5.74) is 2.03. The topological polar surface area (TPSA) is 35.6 Å². The lowest BCUT2D eigenvalue weighted by Crippen LogP contribution is -2.50. The predicted octanol–water partition coefficient (Wildman–Crippen LogP) is 4.36. The number of anilines is 1. The fourth-order valence-corrected chi connectivity index (χ4v) is 3.64. The van der Waals surface area contributed by atoms with E-state index in [-0.39, 0.29) is 12.1 Å². The molecule has 0 aromatic heterocycles. The molecule has 1 atom stereocenters. The summed E-state index contributed by atoms with van der Waals surface area (Å²) < 4.78 is 0. The molecule has 1 heterocycles. The van der Waals surface area contributed by atoms with Crippen molar-refractivity contribution in [3.05, 3.63) is 78.4 Å². The Morgan fingerprint density at radius 2 is 1.65 bits per heavy atom. The van der Waals surface area contributed by atoms with Gasteiger partial charge in [0.2, 0.25) is 0 Å². The molecular formula is C22H23N3O. The number of hydrogen-bond acceptors (Lipinski definition) is 2. The Hall–Kier alpha value is -2.85. The van der Waals surface area contributed by atoms with Crippen LogP contribution < -0.4 is 5.32 Å². The number of hydrogen-bond donors (Lipinski definition) is 1. The quantitative estimate of drug-likeness (QED) is 0.749. The first-order valence-electron chi connectivity index (χ1n) is 9.01. The zero-order chi connectivity index (χ0) is 17.9. The van der Waals surface area contributed by atoms with Crippen LogP contribution in [0.15, 0.2) is 72.8 Å². The van der Waals surface area contributed by atoms with Crippen molar-refractivity contribution in [1.82, 2.24) is 9.80 Å². The highest BCUT2D eigenvalue weighted by molar-refractivity contribution is 6.01. The molecule has 1 N–H and O–H groups in total. The van der Waals surface area contributed by atoms with E-state index in [0.717, 1.165) is 29.5 Å². The third-order valence-electron chi connectivity index (χ3n) is 5.06. The highest BCUT2D eigenvalue weighted by atomic mass is 16.2. The lowest BCUT2D eigenvalue weighted by molar-refractivity contribution is 0.117. The van der Waals surface area contributed by atoms with Gasteiger partial charge < -0.3 is 15.1 Å². The molecule has 1 saturated heterocycles. The van der Waals surface area contributed by atoms with Gasteiger partial charge in [-0.25, -0.2) is 4.79 Å². The number of carbonyl (C=O) groups is 1. The monoisotopic (exact) mass is 345 g/mol. The minimum atomic E-state index is -0.0386. The third kappa shape index (κ3) is 3.28. The number of urea groups is 1. The number of nitrogens with zero attached hydrogens (tertiary/aromatic N) is 2. The van der Waals surface area contributed by atoms with Crippen molar-refractivity contribution >= 4 is 22.5 Å². The van der Waals surface area contributed by atoms with Crippen molar-refractivity contribution in [2.24, 2.45) is 0 Å². The molecule has 1 fully saturated rings. The van der Waals surface area contributed by atoms with Crippen LogP contribution in [0.5, 0.6) is 0 Å². The van der Waals surface area contributed by atoms with Gasteiger partial charge in [-0.05, 0) is 24.1 Å². The van der Waals surface area contributed by atoms with E-state index in [1.165, 1.54) is 5.56 Å². The van der Waals surface area contributed by atoms with Gasteiger partial charge >= 0.3 is 6.03 Å². The van der Waals surface area contributed by atoms with Crippen molar-refractivity contribution in [3.63, 3.8) is 0 Å². The number of benzene rings is 3. The van der Waals surface area contributed by atoms with E-state index in [1.54, 1.807) is 0 Å². The minimum absolute atomic E-state index is 0.0386. The molecule has 26 heavy (non-hydrogen) atoms. The standard InChI is InChI=1S/C22H23N3O/c1-24-14-15-25(21(16-24)18-9-3-2-4-10-18)22(26)23-20-13-7-11-17-8-5-6-12-19(17)20/h2-13,21H,14-16H2,1H3,(H,23,26)/t21-/m0/s1. The molecule has 0 saturated carbocycles. The second-order valence-electron chi connectivity index (χ2n) is 6.84. The summed E-state index contributed by atoms with van der Waals surface area (Å²) in [4.78, 5) is 17.3. The van der Waals surface area contributed by atoms with Gasteiger partial charge in [0.1, 0.15) is 0 Å². The van der Waals surface area contributed by atoms with E-state index < -0.39 is 0 Å². The van der Waals surface area contributed by atoms with E-state index in [9.17, 15) is 4.79 Å². The lowest BCUT2D eigenvalue weighted by atomic mass is 10.0. The normalized spacial score (nSPS) is 18.0. The molecule has 0 unspecified atom stereocenters. The van der Waals surface area contributed by atoms with E-state index in [4.69, 9.17) is 0 Å². The molecule has 0 spiro atoms. The number of rotatable bonds is 2. The molecule has 132 valence electrons. The first kappa shape index (κ1) is 16.6. The van der Waals surface area contributed by atoms with Gasteiger partial charge in [0.05, 0.1) is 11.7 Å². The number of nitrogens with one attached hydrogen (secondary N) is 1. The average molecular weight is 345 g/mol. The lowest BCUT2D eigenvalue weighted by Gasteiger charge is -2.40. The predicted molar refractivity (Wildman–Crippen MR) is 106 cm³/mol. The molecule has 1 aliphatic rings. The van der Waals surface area contributed by atoms with E-state index in [1.807, 2.05) is 53.4 Å². The Bertz CT molecular complexity index is 904. The van der Waals surface area contributed by atoms with Crippen molar-refractivity contribution in [3.8, 4) is 0 Å². The zero-order valence-electron chi connectivity index (χ0n) is 14.9. The van der Waals surface area contributed by atoms with Crippen LogP contribution in [0.4, 0.5) is 10.5 Å².